The second kappa shape index (κ2) is 9.27. The number of aliphatic imine (C=N–C) groups is 1. The van der Waals surface area contributed by atoms with Gasteiger partial charge in [-0.15, -0.1) is 0 Å². The molecule has 4 aromatic rings. The van der Waals surface area contributed by atoms with Crippen LogP contribution >= 0.6 is 0 Å². The van der Waals surface area contributed by atoms with E-state index in [2.05, 4.69) is 4.99 Å². The quantitative estimate of drug-likeness (QED) is 0.324. The molecule has 155 valence electrons. The van der Waals surface area contributed by atoms with Crippen molar-refractivity contribution in [1.29, 1.82) is 0 Å². The van der Waals surface area contributed by atoms with E-state index in [0.717, 1.165) is 21.9 Å². The maximum absolute atomic E-state index is 11.8. The third-order valence-corrected chi connectivity index (χ3v) is 5.40. The van der Waals surface area contributed by atoms with Gasteiger partial charge in [0.25, 0.3) is 0 Å². The van der Waals surface area contributed by atoms with Gasteiger partial charge in [-0.05, 0) is 29.5 Å². The van der Waals surface area contributed by atoms with Gasteiger partial charge in [0.2, 0.25) is 0 Å². The van der Waals surface area contributed by atoms with E-state index in [1.165, 1.54) is 0 Å². The fraction of sp³-hybridized carbons (Fsp3) is 0.115. The fourth-order valence-electron chi connectivity index (χ4n) is 3.71. The predicted octanol–water partition coefficient (Wildman–Crippen LogP) is 5.29. The van der Waals surface area contributed by atoms with Crippen LogP contribution in [-0.4, -0.2) is 22.5 Å². The van der Waals surface area contributed by atoms with Gasteiger partial charge >= 0.3 is 0 Å². The molecule has 0 aliphatic heterocycles. The zero-order chi connectivity index (χ0) is 20.3. The smallest absolute Gasteiger partial charge is 0.137 e. The van der Waals surface area contributed by atoms with E-state index in [4.69, 9.17) is 0 Å². The fourth-order valence-corrected chi connectivity index (χ4v) is 3.71. The number of benzene rings is 4. The van der Waals surface area contributed by atoms with Gasteiger partial charge in [-0.1, -0.05) is 91.0 Å². The van der Waals surface area contributed by atoms with E-state index in [1.54, 1.807) is 6.21 Å². The van der Waals surface area contributed by atoms with Gasteiger partial charge in [0, 0.05) is 34.2 Å². The first-order chi connectivity index (χ1) is 14.1. The topological polar surface area (TPSA) is 52.8 Å². The first kappa shape index (κ1) is 21.8. The summed E-state index contributed by atoms with van der Waals surface area (Å²) in [7, 11) is 0. The number of aromatic hydroxyl groups is 1. The number of rotatable bonds is 5. The van der Waals surface area contributed by atoms with Crippen molar-refractivity contribution in [2.24, 2.45) is 4.99 Å². The Morgan fingerprint density at radius 2 is 1.30 bits per heavy atom. The molecule has 0 aromatic heterocycles. The first-order valence-corrected chi connectivity index (χ1v) is 9.68. The van der Waals surface area contributed by atoms with Crippen molar-refractivity contribution in [3.05, 3.63) is 114 Å². The average Bonchev–Trinajstić information content (AvgIpc) is 2.79. The minimum Gasteiger partial charge on any atom is -0.507 e. The number of nitrogens with zero attached hydrogens (tertiary/aromatic N) is 1. The monoisotopic (exact) mass is 444 g/mol. The summed E-state index contributed by atoms with van der Waals surface area (Å²) in [6.45, 7) is 1.88. The number of hydrogen-bond donors (Lipinski definition) is 2. The van der Waals surface area contributed by atoms with Crippen molar-refractivity contribution in [2.75, 3.05) is 0 Å². The second-order valence-electron chi connectivity index (χ2n) is 7.18. The Labute approximate surface area is 187 Å². The Morgan fingerprint density at radius 3 is 1.90 bits per heavy atom. The molecule has 4 rings (SSSR count). The van der Waals surface area contributed by atoms with Gasteiger partial charge in [0.15, 0.2) is 0 Å². The van der Waals surface area contributed by atoms with E-state index in [9.17, 15) is 10.2 Å². The van der Waals surface area contributed by atoms with Crippen LogP contribution in [0.5, 0.6) is 5.75 Å². The second-order valence-corrected chi connectivity index (χ2v) is 7.18. The molecule has 0 unspecified atom stereocenters. The summed E-state index contributed by atoms with van der Waals surface area (Å²) in [4.78, 5) is 4.65. The third kappa shape index (κ3) is 4.03. The average molecular weight is 445 g/mol. The van der Waals surface area contributed by atoms with Crippen LogP contribution in [0.3, 0.4) is 0 Å². The number of phenols is 1. The van der Waals surface area contributed by atoms with Crippen molar-refractivity contribution in [3.8, 4) is 5.75 Å². The molecule has 0 saturated carbocycles. The van der Waals surface area contributed by atoms with Crippen LogP contribution < -0.4 is 0 Å². The largest absolute Gasteiger partial charge is 0.507 e. The Hall–Kier alpha value is -2.91. The van der Waals surface area contributed by atoms with E-state index >= 15 is 0 Å². The molecular formula is C26H23CuNO2. The molecule has 0 spiro atoms. The molecule has 3 nitrogen and oxygen atoms in total. The Balaban J connectivity index is 0.00000256. The van der Waals surface area contributed by atoms with Gasteiger partial charge in [-0.2, -0.15) is 0 Å². The van der Waals surface area contributed by atoms with Crippen molar-refractivity contribution < 1.29 is 27.3 Å². The molecule has 1 atom stereocenters. The summed E-state index contributed by atoms with van der Waals surface area (Å²) < 4.78 is 0. The molecule has 1 radical (unpaired) electrons. The van der Waals surface area contributed by atoms with Gasteiger partial charge < -0.3 is 10.2 Å². The molecule has 0 saturated heterocycles. The van der Waals surface area contributed by atoms with Gasteiger partial charge in [-0.3, -0.25) is 4.99 Å². The van der Waals surface area contributed by atoms with Crippen LogP contribution in [0.4, 0.5) is 0 Å². The zero-order valence-corrected chi connectivity index (χ0v) is 17.5. The normalized spacial score (nSPS) is 12.6. The molecule has 0 aliphatic rings. The Kier molecular flexibility index (Phi) is 6.73. The van der Waals surface area contributed by atoms with Crippen molar-refractivity contribution in [1.82, 2.24) is 0 Å². The van der Waals surface area contributed by atoms with Crippen LogP contribution in [0.1, 0.15) is 23.6 Å². The Morgan fingerprint density at radius 1 is 0.767 bits per heavy atom. The summed E-state index contributed by atoms with van der Waals surface area (Å²) in [5, 5.41) is 24.2. The summed E-state index contributed by atoms with van der Waals surface area (Å²) in [6, 6.07) is 30.2. The van der Waals surface area contributed by atoms with Crippen LogP contribution in [0.2, 0.25) is 0 Å². The summed E-state index contributed by atoms with van der Waals surface area (Å²) in [5.74, 6) is 0.196. The molecule has 0 heterocycles. The number of phenolic OH excluding ortho intramolecular Hbond substituents is 1. The maximum atomic E-state index is 11.8. The molecule has 0 bridgehead atoms. The van der Waals surface area contributed by atoms with Crippen molar-refractivity contribution in [3.63, 3.8) is 0 Å². The van der Waals surface area contributed by atoms with Crippen molar-refractivity contribution >= 4 is 17.0 Å². The number of aliphatic hydroxyl groups is 1. The first-order valence-electron chi connectivity index (χ1n) is 9.68. The van der Waals surface area contributed by atoms with Gasteiger partial charge in [-0.25, -0.2) is 0 Å². The van der Waals surface area contributed by atoms with E-state index in [-0.39, 0.29) is 22.8 Å². The predicted molar refractivity (Wildman–Crippen MR) is 119 cm³/mol. The molecule has 0 amide bonds. The SMILES string of the molecule is C[C@@H](N=Cc1ccc2ccccc2c1O)C(O)(c1ccccc1)c1ccccc1.[Cu]. The maximum Gasteiger partial charge on any atom is 0.137 e. The van der Waals surface area contributed by atoms with E-state index in [0.29, 0.717) is 5.56 Å². The number of hydrogen-bond acceptors (Lipinski definition) is 3. The van der Waals surface area contributed by atoms with Crippen LogP contribution in [0.15, 0.2) is 102 Å². The molecule has 30 heavy (non-hydrogen) atoms. The van der Waals surface area contributed by atoms with E-state index in [1.807, 2.05) is 104 Å². The van der Waals surface area contributed by atoms with Crippen molar-refractivity contribution in [2.45, 2.75) is 18.6 Å². The molecule has 2 N–H and O–H groups in total. The molecule has 0 aliphatic carbocycles. The third-order valence-electron chi connectivity index (χ3n) is 5.40. The molecular weight excluding hydrogens is 422 g/mol. The van der Waals surface area contributed by atoms with Crippen LogP contribution in [0.25, 0.3) is 10.8 Å². The minimum absolute atomic E-state index is 0. The molecule has 4 heteroatoms. The van der Waals surface area contributed by atoms with Crippen LogP contribution in [0, 0.1) is 0 Å². The van der Waals surface area contributed by atoms with Gasteiger partial charge in [0.1, 0.15) is 11.4 Å². The Bertz CT molecular complexity index is 1100. The minimum atomic E-state index is -1.29. The van der Waals surface area contributed by atoms with Crippen LogP contribution in [-0.2, 0) is 22.7 Å². The summed E-state index contributed by atoms with van der Waals surface area (Å²) in [5.41, 5.74) is 0.891. The van der Waals surface area contributed by atoms with Gasteiger partial charge in [0.05, 0.1) is 6.04 Å². The summed E-state index contributed by atoms with van der Waals surface area (Å²) >= 11 is 0. The number of fused-ring (bicyclic) bond motifs is 1. The molecule has 0 fully saturated rings. The summed E-state index contributed by atoms with van der Waals surface area (Å²) in [6.07, 6.45) is 1.64. The standard InChI is InChI=1S/C26H23NO2.Cu/c1-19(27-18-21-17-16-20-10-8-9-15-24(20)25(21)28)26(29,22-11-4-2-5-12-22)23-13-6-3-7-14-23;/h2-19,28-29H,1H3;/t19-;/m1./s1. The molecule has 4 aromatic carbocycles. The zero-order valence-electron chi connectivity index (χ0n) is 16.5. The van der Waals surface area contributed by atoms with E-state index < -0.39 is 11.6 Å².